The van der Waals surface area contributed by atoms with E-state index in [0.29, 0.717) is 16.2 Å². The molecule has 2 aromatic carbocycles. The van der Waals surface area contributed by atoms with Gasteiger partial charge in [-0.05, 0) is 47.5 Å². The number of hydrogen-bond donors (Lipinski definition) is 0. The van der Waals surface area contributed by atoms with Crippen molar-refractivity contribution in [1.29, 1.82) is 0 Å². The zero-order valence-electron chi connectivity index (χ0n) is 15.8. The van der Waals surface area contributed by atoms with Crippen LogP contribution in [0.3, 0.4) is 0 Å². The Labute approximate surface area is 172 Å². The van der Waals surface area contributed by atoms with Crippen molar-refractivity contribution >= 4 is 35.1 Å². The molecule has 1 atom stereocenters. The lowest BCUT2D eigenvalue weighted by atomic mass is 10.2. The van der Waals surface area contributed by atoms with E-state index in [0.717, 1.165) is 34.8 Å². The van der Waals surface area contributed by atoms with E-state index in [4.69, 9.17) is 0 Å². The van der Waals surface area contributed by atoms with Crippen LogP contribution < -0.4 is 4.90 Å². The number of anilines is 1. The molecule has 8 heteroatoms. The summed E-state index contributed by atoms with van der Waals surface area (Å²) < 4.78 is 1.70. The number of aryl methyl sites for hydroxylation is 1. The number of thioether (sulfide) groups is 2. The average Bonchev–Trinajstić information content (AvgIpc) is 3.09. The van der Waals surface area contributed by atoms with Crippen molar-refractivity contribution in [3.05, 3.63) is 54.1 Å². The van der Waals surface area contributed by atoms with E-state index in [1.807, 2.05) is 66.1 Å². The van der Waals surface area contributed by atoms with Crippen molar-refractivity contribution in [3.8, 4) is 5.69 Å². The molecular weight excluding hydrogens is 390 g/mol. The molecule has 144 valence electrons. The fourth-order valence-corrected chi connectivity index (χ4v) is 5.04. The highest BCUT2D eigenvalue weighted by Gasteiger charge is 2.24. The lowest BCUT2D eigenvalue weighted by Crippen LogP contribution is -2.33. The lowest BCUT2D eigenvalue weighted by molar-refractivity contribution is -0.116. The maximum Gasteiger partial charge on any atom is 0.237 e. The van der Waals surface area contributed by atoms with Crippen molar-refractivity contribution in [3.63, 3.8) is 0 Å². The molecule has 0 fully saturated rings. The number of carbonyl (C=O) groups is 1. The van der Waals surface area contributed by atoms with Gasteiger partial charge in [0.05, 0.1) is 17.1 Å². The van der Waals surface area contributed by atoms with Gasteiger partial charge in [0.2, 0.25) is 11.1 Å². The number of benzene rings is 2. The monoisotopic (exact) mass is 411 g/mol. The zero-order chi connectivity index (χ0) is 19.5. The van der Waals surface area contributed by atoms with Crippen molar-refractivity contribution in [2.24, 2.45) is 0 Å². The number of aromatic nitrogens is 4. The molecule has 0 N–H and O–H groups in total. The van der Waals surface area contributed by atoms with E-state index in [1.54, 1.807) is 4.68 Å². The molecule has 3 aromatic rings. The largest absolute Gasteiger partial charge is 0.311 e. The van der Waals surface area contributed by atoms with Gasteiger partial charge >= 0.3 is 0 Å². The maximum absolute atomic E-state index is 13.0. The molecule has 2 heterocycles. The second kappa shape index (κ2) is 8.36. The fourth-order valence-electron chi connectivity index (χ4n) is 3.17. The number of nitrogens with zero attached hydrogens (tertiary/aromatic N) is 5. The van der Waals surface area contributed by atoms with Crippen LogP contribution in [0.2, 0.25) is 0 Å². The summed E-state index contributed by atoms with van der Waals surface area (Å²) in [6.07, 6.45) is 0.969. The highest BCUT2D eigenvalue weighted by molar-refractivity contribution is 8.00. The number of para-hydroxylation sites is 2. The molecule has 0 aliphatic carbocycles. The van der Waals surface area contributed by atoms with Crippen LogP contribution >= 0.6 is 23.5 Å². The van der Waals surface area contributed by atoms with E-state index < -0.39 is 0 Å². The zero-order valence-corrected chi connectivity index (χ0v) is 17.4. The molecule has 28 heavy (non-hydrogen) atoms. The fraction of sp³-hybridized carbons (Fsp3) is 0.300. The summed E-state index contributed by atoms with van der Waals surface area (Å²) in [6, 6.07) is 16.1. The van der Waals surface area contributed by atoms with E-state index in [1.165, 1.54) is 11.8 Å². The Kier molecular flexibility index (Phi) is 5.68. The maximum atomic E-state index is 13.0. The molecule has 4 rings (SSSR count). The molecular formula is C20H21N5OS2. The van der Waals surface area contributed by atoms with Gasteiger partial charge in [-0.3, -0.25) is 4.79 Å². The normalized spacial score (nSPS) is 16.5. The van der Waals surface area contributed by atoms with Crippen LogP contribution in [0.25, 0.3) is 5.69 Å². The van der Waals surface area contributed by atoms with Gasteiger partial charge in [0, 0.05) is 16.7 Å². The summed E-state index contributed by atoms with van der Waals surface area (Å²) in [5.74, 6) is 0.367. The van der Waals surface area contributed by atoms with Crippen LogP contribution in [-0.2, 0) is 4.79 Å². The number of hydrogen-bond acceptors (Lipinski definition) is 6. The molecule has 0 spiro atoms. The van der Waals surface area contributed by atoms with Crippen molar-refractivity contribution in [2.75, 3.05) is 17.2 Å². The Morgan fingerprint density at radius 3 is 2.75 bits per heavy atom. The average molecular weight is 412 g/mol. The van der Waals surface area contributed by atoms with Gasteiger partial charge in [0.1, 0.15) is 0 Å². The molecule has 1 aliphatic heterocycles. The Morgan fingerprint density at radius 2 is 1.93 bits per heavy atom. The predicted molar refractivity (Wildman–Crippen MR) is 113 cm³/mol. The summed E-state index contributed by atoms with van der Waals surface area (Å²) >= 11 is 3.20. The number of fused-ring (bicyclic) bond motifs is 1. The van der Waals surface area contributed by atoms with Crippen LogP contribution in [0.4, 0.5) is 5.69 Å². The Morgan fingerprint density at radius 1 is 1.18 bits per heavy atom. The standard InChI is InChI=1S/C20H21N5OS2/c1-14-7-3-4-8-16(14)25-20(21-22-23-25)27-13-19(26)24-12-11-15(2)28-18-10-6-5-9-17(18)24/h3-10,15H,11-13H2,1-2H3/t15-/m0/s1. The Hall–Kier alpha value is -2.32. The summed E-state index contributed by atoms with van der Waals surface area (Å²) in [5, 5.41) is 13.1. The minimum absolute atomic E-state index is 0.0754. The van der Waals surface area contributed by atoms with Crippen LogP contribution in [-0.4, -0.2) is 43.7 Å². The van der Waals surface area contributed by atoms with E-state index >= 15 is 0 Å². The summed E-state index contributed by atoms with van der Waals surface area (Å²) in [4.78, 5) is 16.1. The highest BCUT2D eigenvalue weighted by atomic mass is 32.2. The molecule has 6 nitrogen and oxygen atoms in total. The first kappa shape index (κ1) is 19.0. The van der Waals surface area contributed by atoms with Crippen LogP contribution in [0.5, 0.6) is 0 Å². The van der Waals surface area contributed by atoms with E-state index in [2.05, 4.69) is 28.5 Å². The van der Waals surface area contributed by atoms with Gasteiger partial charge in [0.25, 0.3) is 0 Å². The van der Waals surface area contributed by atoms with Gasteiger partial charge in [0.15, 0.2) is 0 Å². The highest BCUT2D eigenvalue weighted by Crippen LogP contribution is 2.37. The first-order valence-corrected chi connectivity index (χ1v) is 11.0. The summed E-state index contributed by atoms with van der Waals surface area (Å²) in [7, 11) is 0. The molecule has 1 amide bonds. The molecule has 0 unspecified atom stereocenters. The molecule has 1 aliphatic rings. The number of carbonyl (C=O) groups excluding carboxylic acids is 1. The second-order valence-corrected chi connectivity index (χ2v) is 9.10. The van der Waals surface area contributed by atoms with Crippen LogP contribution in [0.1, 0.15) is 18.9 Å². The van der Waals surface area contributed by atoms with Crippen molar-refractivity contribution in [1.82, 2.24) is 20.2 Å². The molecule has 1 aromatic heterocycles. The molecule has 0 saturated heterocycles. The minimum Gasteiger partial charge on any atom is -0.311 e. The summed E-state index contributed by atoms with van der Waals surface area (Å²) in [6.45, 7) is 4.96. The topological polar surface area (TPSA) is 63.9 Å². The molecule has 0 radical (unpaired) electrons. The minimum atomic E-state index is 0.0754. The van der Waals surface area contributed by atoms with E-state index in [9.17, 15) is 4.79 Å². The van der Waals surface area contributed by atoms with Gasteiger partial charge in [-0.1, -0.05) is 49.0 Å². The van der Waals surface area contributed by atoms with Crippen LogP contribution in [0.15, 0.2) is 58.6 Å². The second-order valence-electron chi connectivity index (χ2n) is 6.68. The third kappa shape index (κ3) is 3.93. The SMILES string of the molecule is Cc1ccccc1-n1nnnc1SCC(=O)N1CC[C@H](C)Sc2ccccc21. The lowest BCUT2D eigenvalue weighted by Gasteiger charge is -2.22. The smallest absolute Gasteiger partial charge is 0.237 e. The number of tetrazole rings is 1. The van der Waals surface area contributed by atoms with Crippen molar-refractivity contribution in [2.45, 2.75) is 35.6 Å². The molecule has 0 bridgehead atoms. The third-order valence-corrected chi connectivity index (χ3v) is 6.80. The third-order valence-electron chi connectivity index (χ3n) is 4.65. The van der Waals surface area contributed by atoms with Gasteiger partial charge < -0.3 is 4.90 Å². The number of amides is 1. The van der Waals surface area contributed by atoms with Gasteiger partial charge in [-0.2, -0.15) is 4.68 Å². The predicted octanol–water partition coefficient (Wildman–Crippen LogP) is 3.98. The first-order chi connectivity index (χ1) is 13.6. The van der Waals surface area contributed by atoms with E-state index in [-0.39, 0.29) is 5.91 Å². The number of rotatable bonds is 4. The quantitative estimate of drug-likeness (QED) is 0.605. The summed E-state index contributed by atoms with van der Waals surface area (Å²) in [5.41, 5.74) is 3.00. The van der Waals surface area contributed by atoms with Crippen LogP contribution in [0, 0.1) is 6.92 Å². The Balaban J connectivity index is 1.52. The first-order valence-electron chi connectivity index (χ1n) is 9.16. The van der Waals surface area contributed by atoms with Crippen molar-refractivity contribution < 1.29 is 4.79 Å². The Bertz CT molecular complexity index is 990. The van der Waals surface area contributed by atoms with Gasteiger partial charge in [-0.15, -0.1) is 16.9 Å². The molecule has 0 saturated carbocycles. The van der Waals surface area contributed by atoms with Gasteiger partial charge in [-0.25, -0.2) is 0 Å².